The first-order chi connectivity index (χ1) is 13.2. The average Bonchev–Trinajstić information content (AvgIpc) is 3.05. The Morgan fingerprint density at radius 1 is 1.07 bits per heavy atom. The molecule has 1 N–H and O–H groups in total. The van der Waals surface area contributed by atoms with Crippen molar-refractivity contribution in [1.82, 2.24) is 9.46 Å². The molecule has 0 spiro atoms. The van der Waals surface area contributed by atoms with Crippen LogP contribution in [0.2, 0.25) is 0 Å². The van der Waals surface area contributed by atoms with Crippen LogP contribution in [0, 0.1) is 13.8 Å². The van der Waals surface area contributed by atoms with Gasteiger partial charge in [-0.1, -0.05) is 41.6 Å². The molecular formula is C20H21N3O4S. The molecule has 1 aromatic heterocycles. The molecule has 2 aromatic carbocycles. The summed E-state index contributed by atoms with van der Waals surface area (Å²) in [4.78, 5) is 13.0. The molecule has 0 aliphatic heterocycles. The summed E-state index contributed by atoms with van der Waals surface area (Å²) in [7, 11) is -0.698. The molecule has 28 heavy (non-hydrogen) atoms. The first kappa shape index (κ1) is 19.8. The Bertz CT molecular complexity index is 1120. The van der Waals surface area contributed by atoms with E-state index in [1.807, 2.05) is 30.3 Å². The van der Waals surface area contributed by atoms with Crippen LogP contribution in [0.25, 0.3) is 11.3 Å². The molecule has 3 aromatic rings. The Labute approximate surface area is 164 Å². The van der Waals surface area contributed by atoms with E-state index >= 15 is 0 Å². The molecule has 0 atom stereocenters. The SMILES string of the molecule is Cc1ccc(NC(=O)c2c(-c3ccccc3)noc2C)cc1S(=O)(=O)N(C)C. The lowest BCUT2D eigenvalue weighted by Gasteiger charge is -2.15. The monoisotopic (exact) mass is 399 g/mol. The Hall–Kier alpha value is -2.97. The summed E-state index contributed by atoms with van der Waals surface area (Å²) in [5, 5.41) is 6.76. The van der Waals surface area contributed by atoms with Crippen molar-refractivity contribution in [3.63, 3.8) is 0 Å². The molecule has 7 nitrogen and oxygen atoms in total. The van der Waals surface area contributed by atoms with E-state index in [1.165, 1.54) is 20.2 Å². The number of amides is 1. The first-order valence-corrected chi connectivity index (χ1v) is 10.0. The van der Waals surface area contributed by atoms with Crippen LogP contribution in [0.4, 0.5) is 5.69 Å². The summed E-state index contributed by atoms with van der Waals surface area (Å²) in [5.41, 5.74) is 2.46. The highest BCUT2D eigenvalue weighted by Crippen LogP contribution is 2.27. The minimum Gasteiger partial charge on any atom is -0.360 e. The van der Waals surface area contributed by atoms with E-state index in [0.717, 1.165) is 9.87 Å². The van der Waals surface area contributed by atoms with Gasteiger partial charge in [-0.15, -0.1) is 0 Å². The second-order valence-electron chi connectivity index (χ2n) is 6.55. The zero-order valence-electron chi connectivity index (χ0n) is 16.1. The number of aromatic nitrogens is 1. The highest BCUT2D eigenvalue weighted by molar-refractivity contribution is 7.89. The van der Waals surface area contributed by atoms with Gasteiger partial charge in [0.2, 0.25) is 10.0 Å². The largest absolute Gasteiger partial charge is 0.360 e. The number of benzene rings is 2. The van der Waals surface area contributed by atoms with Crippen LogP contribution < -0.4 is 5.32 Å². The van der Waals surface area contributed by atoms with Gasteiger partial charge in [-0.05, 0) is 31.5 Å². The Kier molecular flexibility index (Phi) is 5.35. The zero-order chi connectivity index (χ0) is 20.5. The fraction of sp³-hybridized carbons (Fsp3) is 0.200. The summed E-state index contributed by atoms with van der Waals surface area (Å²) in [6.07, 6.45) is 0. The molecule has 0 fully saturated rings. The van der Waals surface area contributed by atoms with Gasteiger partial charge in [0, 0.05) is 25.3 Å². The van der Waals surface area contributed by atoms with E-state index in [9.17, 15) is 13.2 Å². The predicted molar refractivity (Wildman–Crippen MR) is 107 cm³/mol. The standard InChI is InChI=1S/C20H21N3O4S/c1-13-10-11-16(12-17(13)28(25,26)23(3)4)21-20(24)18-14(2)27-22-19(18)15-8-6-5-7-9-15/h5-12H,1-4H3,(H,21,24). The van der Waals surface area contributed by atoms with Gasteiger partial charge in [0.1, 0.15) is 17.0 Å². The van der Waals surface area contributed by atoms with Gasteiger partial charge in [0.25, 0.3) is 5.91 Å². The normalized spacial score (nSPS) is 11.6. The van der Waals surface area contributed by atoms with Gasteiger partial charge < -0.3 is 9.84 Å². The van der Waals surface area contributed by atoms with E-state index in [0.29, 0.717) is 28.3 Å². The van der Waals surface area contributed by atoms with Gasteiger partial charge in [0.05, 0.1) is 4.90 Å². The molecule has 0 radical (unpaired) electrons. The van der Waals surface area contributed by atoms with E-state index in [4.69, 9.17) is 4.52 Å². The number of anilines is 1. The molecule has 0 saturated heterocycles. The first-order valence-electron chi connectivity index (χ1n) is 8.58. The maximum Gasteiger partial charge on any atom is 0.261 e. The van der Waals surface area contributed by atoms with Crippen molar-refractivity contribution in [3.8, 4) is 11.3 Å². The summed E-state index contributed by atoms with van der Waals surface area (Å²) in [6.45, 7) is 3.37. The highest BCUT2D eigenvalue weighted by Gasteiger charge is 2.23. The van der Waals surface area contributed by atoms with E-state index in [-0.39, 0.29) is 4.90 Å². The summed E-state index contributed by atoms with van der Waals surface area (Å²) >= 11 is 0. The lowest BCUT2D eigenvalue weighted by molar-refractivity contribution is 0.102. The molecule has 0 aliphatic carbocycles. The topological polar surface area (TPSA) is 92.5 Å². The van der Waals surface area contributed by atoms with Gasteiger partial charge in [-0.25, -0.2) is 12.7 Å². The van der Waals surface area contributed by atoms with Crippen molar-refractivity contribution in [3.05, 3.63) is 65.4 Å². The molecule has 8 heteroatoms. The highest BCUT2D eigenvalue weighted by atomic mass is 32.2. The molecule has 0 saturated carbocycles. The van der Waals surface area contributed by atoms with Crippen molar-refractivity contribution in [2.75, 3.05) is 19.4 Å². The van der Waals surface area contributed by atoms with Gasteiger partial charge in [0.15, 0.2) is 0 Å². The van der Waals surface area contributed by atoms with Crippen molar-refractivity contribution in [2.45, 2.75) is 18.7 Å². The average molecular weight is 399 g/mol. The summed E-state index contributed by atoms with van der Waals surface area (Å²) < 4.78 is 31.4. The minimum absolute atomic E-state index is 0.139. The van der Waals surface area contributed by atoms with Crippen LogP contribution >= 0.6 is 0 Å². The van der Waals surface area contributed by atoms with Crippen LogP contribution in [0.15, 0.2) is 57.9 Å². The number of carbonyl (C=O) groups is 1. The predicted octanol–water partition coefficient (Wildman–Crippen LogP) is 3.46. The Morgan fingerprint density at radius 2 is 1.75 bits per heavy atom. The van der Waals surface area contributed by atoms with E-state index in [2.05, 4.69) is 10.5 Å². The molecule has 1 amide bonds. The maximum atomic E-state index is 12.9. The summed E-state index contributed by atoms with van der Waals surface area (Å²) in [6, 6.07) is 14.0. The van der Waals surface area contributed by atoms with Crippen molar-refractivity contribution >= 4 is 21.6 Å². The van der Waals surface area contributed by atoms with Crippen LogP contribution in [-0.2, 0) is 10.0 Å². The number of nitrogens with zero attached hydrogens (tertiary/aromatic N) is 2. The Balaban J connectivity index is 1.97. The maximum absolute atomic E-state index is 12.9. The molecule has 0 bridgehead atoms. The summed E-state index contributed by atoms with van der Waals surface area (Å²) in [5.74, 6) is -0.0424. The molecular weight excluding hydrogens is 378 g/mol. The third-order valence-electron chi connectivity index (χ3n) is 4.34. The smallest absolute Gasteiger partial charge is 0.261 e. The van der Waals surface area contributed by atoms with Crippen LogP contribution in [0.1, 0.15) is 21.7 Å². The molecule has 0 aliphatic rings. The van der Waals surface area contributed by atoms with Crippen molar-refractivity contribution in [1.29, 1.82) is 0 Å². The number of hydrogen-bond donors (Lipinski definition) is 1. The Morgan fingerprint density at radius 3 is 2.39 bits per heavy atom. The fourth-order valence-corrected chi connectivity index (χ4v) is 3.92. The van der Waals surface area contributed by atoms with Gasteiger partial charge in [-0.2, -0.15) is 0 Å². The third-order valence-corrected chi connectivity index (χ3v) is 6.30. The van der Waals surface area contributed by atoms with Gasteiger partial charge in [-0.3, -0.25) is 4.79 Å². The van der Waals surface area contributed by atoms with Crippen LogP contribution in [-0.4, -0.2) is 37.9 Å². The van der Waals surface area contributed by atoms with Crippen molar-refractivity contribution < 1.29 is 17.7 Å². The quantitative estimate of drug-likeness (QED) is 0.709. The molecule has 3 rings (SSSR count). The lowest BCUT2D eigenvalue weighted by atomic mass is 10.1. The van der Waals surface area contributed by atoms with E-state index < -0.39 is 15.9 Å². The number of nitrogens with one attached hydrogen (secondary N) is 1. The van der Waals surface area contributed by atoms with Crippen LogP contribution in [0.5, 0.6) is 0 Å². The number of rotatable bonds is 5. The molecule has 1 heterocycles. The lowest BCUT2D eigenvalue weighted by Crippen LogP contribution is -2.23. The minimum atomic E-state index is -3.63. The number of carbonyl (C=O) groups excluding carboxylic acids is 1. The fourth-order valence-electron chi connectivity index (χ4n) is 2.78. The van der Waals surface area contributed by atoms with Crippen LogP contribution in [0.3, 0.4) is 0 Å². The number of aryl methyl sites for hydroxylation is 2. The molecule has 0 unspecified atom stereocenters. The molecule has 146 valence electrons. The van der Waals surface area contributed by atoms with E-state index in [1.54, 1.807) is 26.0 Å². The second kappa shape index (κ2) is 7.57. The van der Waals surface area contributed by atoms with Gasteiger partial charge >= 0.3 is 0 Å². The number of hydrogen-bond acceptors (Lipinski definition) is 5. The third kappa shape index (κ3) is 3.69. The number of sulfonamides is 1. The van der Waals surface area contributed by atoms with Crippen molar-refractivity contribution in [2.24, 2.45) is 0 Å². The second-order valence-corrected chi connectivity index (χ2v) is 8.67. The zero-order valence-corrected chi connectivity index (χ0v) is 16.9.